The number of fused-ring (bicyclic) bond motifs is 1. The number of carbonyl (C=O) groups is 1. The number of benzene rings is 1. The van der Waals surface area contributed by atoms with Gasteiger partial charge in [0.15, 0.2) is 0 Å². The molecular weight excluding hydrogens is 320 g/mol. The van der Waals surface area contributed by atoms with E-state index in [0.29, 0.717) is 24.0 Å². The Balaban J connectivity index is 0.00000192. The fraction of sp³-hybridized carbons (Fsp3) is 0.562. The number of hydrogen-bond donors (Lipinski definition) is 1. The van der Waals surface area contributed by atoms with E-state index in [1.807, 2.05) is 18.2 Å². The summed E-state index contributed by atoms with van der Waals surface area (Å²) in [6, 6.07) is 4.90. The second kappa shape index (κ2) is 7.86. The highest BCUT2D eigenvalue weighted by atomic mass is 35.5. The largest absolute Gasteiger partial charge is 0.493 e. The Morgan fingerprint density at radius 3 is 2.83 bits per heavy atom. The number of hydrogen-bond acceptors (Lipinski definition) is 5. The van der Waals surface area contributed by atoms with E-state index in [4.69, 9.17) is 19.9 Å². The molecule has 0 spiro atoms. The molecule has 1 amide bonds. The topological polar surface area (TPSA) is 74.0 Å². The van der Waals surface area contributed by atoms with Gasteiger partial charge in [0.25, 0.3) is 0 Å². The van der Waals surface area contributed by atoms with Gasteiger partial charge in [-0.15, -0.1) is 12.4 Å². The Hall–Kier alpha value is -1.50. The number of anilines is 1. The minimum Gasteiger partial charge on any atom is -0.493 e. The van der Waals surface area contributed by atoms with Crippen LogP contribution in [0.3, 0.4) is 0 Å². The summed E-state index contributed by atoms with van der Waals surface area (Å²) in [5.41, 5.74) is 6.48. The van der Waals surface area contributed by atoms with Crippen LogP contribution >= 0.6 is 12.4 Å². The lowest BCUT2D eigenvalue weighted by molar-refractivity contribution is -0.119. The van der Waals surface area contributed by atoms with E-state index in [9.17, 15) is 4.79 Å². The van der Waals surface area contributed by atoms with Crippen molar-refractivity contribution >= 4 is 24.0 Å². The Morgan fingerprint density at radius 2 is 2.09 bits per heavy atom. The molecule has 1 atom stereocenters. The first-order chi connectivity index (χ1) is 10.6. The monoisotopic (exact) mass is 342 g/mol. The van der Waals surface area contributed by atoms with Gasteiger partial charge < -0.3 is 24.8 Å². The van der Waals surface area contributed by atoms with E-state index < -0.39 is 6.04 Å². The second-order valence-corrected chi connectivity index (χ2v) is 5.81. The third-order valence-electron chi connectivity index (χ3n) is 4.18. The minimum absolute atomic E-state index is 0. The zero-order chi connectivity index (χ0) is 15.5. The van der Waals surface area contributed by atoms with E-state index in [-0.39, 0.29) is 24.9 Å². The molecule has 6 nitrogen and oxygen atoms in total. The SMILES string of the molecule is CN1C(=O)[C@@H](N)COc2ccc(OCC3CCOCC3)cc21.Cl. The molecule has 2 aliphatic heterocycles. The number of amides is 1. The van der Waals surface area contributed by atoms with Gasteiger partial charge in [0.2, 0.25) is 5.91 Å². The highest BCUT2D eigenvalue weighted by molar-refractivity contribution is 5.98. The van der Waals surface area contributed by atoms with Crippen LogP contribution in [0.4, 0.5) is 5.69 Å². The van der Waals surface area contributed by atoms with Gasteiger partial charge in [-0.3, -0.25) is 4.79 Å². The summed E-state index contributed by atoms with van der Waals surface area (Å²) in [7, 11) is 1.71. The highest BCUT2D eigenvalue weighted by Crippen LogP contribution is 2.34. The first-order valence-corrected chi connectivity index (χ1v) is 7.65. The summed E-state index contributed by atoms with van der Waals surface area (Å²) in [6.07, 6.45) is 2.06. The van der Waals surface area contributed by atoms with Crippen LogP contribution in [0.2, 0.25) is 0 Å². The molecular formula is C16H23ClN2O4. The average molecular weight is 343 g/mol. The third-order valence-corrected chi connectivity index (χ3v) is 4.18. The van der Waals surface area contributed by atoms with E-state index in [1.165, 1.54) is 4.90 Å². The summed E-state index contributed by atoms with van der Waals surface area (Å²) >= 11 is 0. The van der Waals surface area contributed by atoms with E-state index >= 15 is 0 Å². The number of rotatable bonds is 3. The summed E-state index contributed by atoms with van der Waals surface area (Å²) in [6.45, 7) is 2.47. The molecule has 0 saturated carbocycles. The van der Waals surface area contributed by atoms with Crippen LogP contribution in [-0.2, 0) is 9.53 Å². The van der Waals surface area contributed by atoms with Crippen molar-refractivity contribution in [2.45, 2.75) is 18.9 Å². The maximum Gasteiger partial charge on any atom is 0.247 e. The molecule has 23 heavy (non-hydrogen) atoms. The highest BCUT2D eigenvalue weighted by Gasteiger charge is 2.27. The zero-order valence-electron chi connectivity index (χ0n) is 13.2. The fourth-order valence-corrected chi connectivity index (χ4v) is 2.72. The summed E-state index contributed by atoms with van der Waals surface area (Å²) in [4.78, 5) is 13.6. The van der Waals surface area contributed by atoms with Gasteiger partial charge in [-0.2, -0.15) is 0 Å². The third kappa shape index (κ3) is 4.07. The van der Waals surface area contributed by atoms with Gasteiger partial charge in [-0.05, 0) is 30.9 Å². The molecule has 1 aromatic carbocycles. The molecule has 0 aromatic heterocycles. The molecule has 0 aliphatic carbocycles. The Bertz CT molecular complexity index is 549. The van der Waals surface area contributed by atoms with Crippen molar-refractivity contribution in [3.63, 3.8) is 0 Å². The second-order valence-electron chi connectivity index (χ2n) is 5.81. The lowest BCUT2D eigenvalue weighted by Gasteiger charge is -2.23. The van der Waals surface area contributed by atoms with Crippen LogP contribution in [0.25, 0.3) is 0 Å². The van der Waals surface area contributed by atoms with Crippen LogP contribution in [0.15, 0.2) is 18.2 Å². The molecule has 3 rings (SSSR count). The molecule has 0 bridgehead atoms. The first kappa shape index (κ1) is 17.8. The van der Waals surface area contributed by atoms with Crippen molar-refractivity contribution in [3.8, 4) is 11.5 Å². The van der Waals surface area contributed by atoms with Gasteiger partial charge in [-0.1, -0.05) is 0 Å². The van der Waals surface area contributed by atoms with E-state index in [2.05, 4.69) is 0 Å². The summed E-state index contributed by atoms with van der Waals surface area (Å²) in [5.74, 6) is 1.77. The van der Waals surface area contributed by atoms with Gasteiger partial charge in [0, 0.05) is 26.3 Å². The average Bonchev–Trinajstić information content (AvgIpc) is 2.66. The summed E-state index contributed by atoms with van der Waals surface area (Å²) in [5, 5.41) is 0. The predicted molar refractivity (Wildman–Crippen MR) is 89.6 cm³/mol. The van der Waals surface area contributed by atoms with Gasteiger partial charge in [0.05, 0.1) is 12.3 Å². The lowest BCUT2D eigenvalue weighted by Crippen LogP contribution is -2.43. The fourth-order valence-electron chi connectivity index (χ4n) is 2.72. The molecule has 7 heteroatoms. The minimum atomic E-state index is -0.635. The van der Waals surface area contributed by atoms with Crippen molar-refractivity contribution in [2.24, 2.45) is 11.7 Å². The molecule has 2 N–H and O–H groups in total. The summed E-state index contributed by atoms with van der Waals surface area (Å²) < 4.78 is 16.8. The predicted octanol–water partition coefficient (Wildman–Crippen LogP) is 1.60. The molecule has 1 aromatic rings. The van der Waals surface area contributed by atoms with Crippen LogP contribution in [-0.4, -0.2) is 45.4 Å². The molecule has 1 saturated heterocycles. The normalized spacial score (nSPS) is 21.7. The Kier molecular flexibility index (Phi) is 6.10. The van der Waals surface area contributed by atoms with Crippen LogP contribution in [0.1, 0.15) is 12.8 Å². The smallest absolute Gasteiger partial charge is 0.247 e. The standard InChI is InChI=1S/C16H22N2O4.ClH/c1-18-14-8-12(21-9-11-4-6-20-7-5-11)2-3-15(14)22-10-13(17)16(18)19;/h2-3,8,11,13H,4-7,9-10,17H2,1H3;1H/t13-;/m0./s1. The van der Waals surface area contributed by atoms with Crippen molar-refractivity contribution in [3.05, 3.63) is 18.2 Å². The number of likely N-dealkylation sites (N-methyl/N-ethyl adjacent to an activating group) is 1. The zero-order valence-corrected chi connectivity index (χ0v) is 14.0. The quantitative estimate of drug-likeness (QED) is 0.903. The Labute approximate surface area is 142 Å². The molecule has 1 fully saturated rings. The van der Waals surface area contributed by atoms with Gasteiger partial charge >= 0.3 is 0 Å². The maximum atomic E-state index is 12.1. The first-order valence-electron chi connectivity index (χ1n) is 7.65. The van der Waals surface area contributed by atoms with Gasteiger partial charge in [-0.25, -0.2) is 0 Å². The van der Waals surface area contributed by atoms with Crippen LogP contribution in [0, 0.1) is 5.92 Å². The number of ether oxygens (including phenoxy) is 3. The number of carbonyl (C=O) groups excluding carboxylic acids is 1. The van der Waals surface area contributed by atoms with Crippen molar-refractivity contribution in [1.82, 2.24) is 0 Å². The number of halogens is 1. The molecule has 0 unspecified atom stereocenters. The lowest BCUT2D eigenvalue weighted by atomic mass is 10.0. The number of nitrogens with zero attached hydrogens (tertiary/aromatic N) is 1. The van der Waals surface area contributed by atoms with Crippen molar-refractivity contribution in [2.75, 3.05) is 38.4 Å². The molecule has 128 valence electrons. The molecule has 2 heterocycles. The molecule has 2 aliphatic rings. The van der Waals surface area contributed by atoms with Crippen LogP contribution in [0.5, 0.6) is 11.5 Å². The van der Waals surface area contributed by atoms with E-state index in [1.54, 1.807) is 7.05 Å². The molecule has 0 radical (unpaired) electrons. The maximum absolute atomic E-state index is 12.1. The van der Waals surface area contributed by atoms with Crippen LogP contribution < -0.4 is 20.1 Å². The number of nitrogens with two attached hydrogens (primary N) is 1. The van der Waals surface area contributed by atoms with E-state index in [0.717, 1.165) is 31.8 Å². The van der Waals surface area contributed by atoms with Crippen molar-refractivity contribution < 1.29 is 19.0 Å². The van der Waals surface area contributed by atoms with Gasteiger partial charge in [0.1, 0.15) is 24.1 Å². The van der Waals surface area contributed by atoms with Crippen molar-refractivity contribution in [1.29, 1.82) is 0 Å². The Morgan fingerprint density at radius 1 is 1.35 bits per heavy atom.